The number of carbonyl (C=O) groups excluding carboxylic acids is 1. The average Bonchev–Trinajstić information content (AvgIpc) is 2.71. The minimum absolute atomic E-state index is 0.0572. The number of anilines is 2. The maximum Gasteiger partial charge on any atom is 0.417 e. The number of nitrogens with one attached hydrogen (secondary N) is 2. The Labute approximate surface area is 192 Å². The second kappa shape index (κ2) is 10.1. The first kappa shape index (κ1) is 23.7. The molecule has 2 aromatic rings. The Hall–Kier alpha value is -1.97. The normalized spacial score (nSPS) is 15.1. The van der Waals surface area contributed by atoms with E-state index >= 15 is 0 Å². The molecule has 1 aliphatic heterocycles. The highest BCUT2D eigenvalue weighted by Gasteiger charge is 2.33. The Morgan fingerprint density at radius 2 is 1.77 bits per heavy atom. The molecule has 12 heteroatoms. The van der Waals surface area contributed by atoms with Gasteiger partial charge in [-0.3, -0.25) is 4.79 Å². The minimum Gasteiger partial charge on any atom is -0.367 e. The number of halogens is 6. The molecule has 2 aromatic heterocycles. The smallest absolute Gasteiger partial charge is 0.367 e. The van der Waals surface area contributed by atoms with E-state index in [0.29, 0.717) is 60.7 Å². The van der Waals surface area contributed by atoms with Gasteiger partial charge >= 0.3 is 6.18 Å². The summed E-state index contributed by atoms with van der Waals surface area (Å²) in [5, 5.41) is 6.65. The molecule has 6 nitrogen and oxygen atoms in total. The third-order valence-electron chi connectivity index (χ3n) is 4.84. The Morgan fingerprint density at radius 3 is 2.39 bits per heavy atom. The predicted molar refractivity (Wildman–Crippen MR) is 115 cm³/mol. The standard InChI is InChI=1S/C19H19Cl3F3N5O/c20-13-8-14(21)16(28-10-13)26-3-4-27-18(31)11-1-5-30(6-2-11)17-15(22)7-12(9-29-17)19(23,24)25/h7-11H,1-6H2,(H,26,28)(H,27,31). The van der Waals surface area contributed by atoms with Gasteiger partial charge in [-0.25, -0.2) is 9.97 Å². The zero-order valence-electron chi connectivity index (χ0n) is 16.1. The van der Waals surface area contributed by atoms with E-state index in [-0.39, 0.29) is 16.8 Å². The van der Waals surface area contributed by atoms with Crippen molar-refractivity contribution in [3.05, 3.63) is 45.2 Å². The summed E-state index contributed by atoms with van der Waals surface area (Å²) in [7, 11) is 0. The number of hydrogen-bond acceptors (Lipinski definition) is 5. The van der Waals surface area contributed by atoms with Crippen molar-refractivity contribution in [1.29, 1.82) is 0 Å². The molecule has 31 heavy (non-hydrogen) atoms. The topological polar surface area (TPSA) is 70.2 Å². The number of piperidine rings is 1. The lowest BCUT2D eigenvalue weighted by Gasteiger charge is -2.32. The van der Waals surface area contributed by atoms with Gasteiger partial charge in [0.25, 0.3) is 0 Å². The molecule has 168 valence electrons. The molecule has 0 bridgehead atoms. The molecule has 0 radical (unpaired) electrons. The lowest BCUT2D eigenvalue weighted by molar-refractivity contribution is -0.137. The van der Waals surface area contributed by atoms with Crippen LogP contribution in [-0.2, 0) is 11.0 Å². The molecule has 0 spiro atoms. The third kappa shape index (κ3) is 6.27. The van der Waals surface area contributed by atoms with Gasteiger partial charge in [0.15, 0.2) is 0 Å². The van der Waals surface area contributed by atoms with Crippen LogP contribution in [0.1, 0.15) is 18.4 Å². The number of hydrogen-bond donors (Lipinski definition) is 2. The summed E-state index contributed by atoms with van der Waals surface area (Å²) < 4.78 is 38.3. The summed E-state index contributed by atoms with van der Waals surface area (Å²) in [6, 6.07) is 2.44. The third-order valence-corrected chi connectivity index (χ3v) is 5.61. The van der Waals surface area contributed by atoms with Gasteiger partial charge in [-0.15, -0.1) is 0 Å². The van der Waals surface area contributed by atoms with Crippen molar-refractivity contribution in [2.45, 2.75) is 19.0 Å². The van der Waals surface area contributed by atoms with Crippen LogP contribution in [0.15, 0.2) is 24.5 Å². The predicted octanol–water partition coefficient (Wildman–Crippen LogP) is 4.90. The molecule has 2 N–H and O–H groups in total. The SMILES string of the molecule is O=C(NCCNc1ncc(Cl)cc1Cl)C1CCN(c2ncc(C(F)(F)F)cc2Cl)CC1. The molecule has 0 unspecified atom stereocenters. The van der Waals surface area contributed by atoms with Gasteiger partial charge in [0.2, 0.25) is 5.91 Å². The molecular formula is C19H19Cl3F3N5O. The van der Waals surface area contributed by atoms with Crippen molar-refractivity contribution in [2.24, 2.45) is 5.92 Å². The van der Waals surface area contributed by atoms with Crippen LogP contribution in [-0.4, -0.2) is 42.1 Å². The maximum absolute atomic E-state index is 12.8. The van der Waals surface area contributed by atoms with Crippen molar-refractivity contribution in [2.75, 3.05) is 36.4 Å². The van der Waals surface area contributed by atoms with Crippen molar-refractivity contribution in [3.8, 4) is 0 Å². The summed E-state index contributed by atoms with van der Waals surface area (Å²) in [4.78, 5) is 22.2. The first-order valence-electron chi connectivity index (χ1n) is 9.45. The first-order valence-corrected chi connectivity index (χ1v) is 10.6. The fraction of sp³-hybridized carbons (Fsp3) is 0.421. The van der Waals surface area contributed by atoms with Crippen molar-refractivity contribution in [3.63, 3.8) is 0 Å². The Morgan fingerprint density at radius 1 is 1.06 bits per heavy atom. The summed E-state index contributed by atoms with van der Waals surface area (Å²) in [5.74, 6) is 0.504. The Balaban J connectivity index is 1.44. The molecule has 1 aliphatic rings. The number of pyridine rings is 2. The minimum atomic E-state index is -4.50. The van der Waals surface area contributed by atoms with E-state index in [1.807, 2.05) is 0 Å². The van der Waals surface area contributed by atoms with Gasteiger partial charge in [0.05, 0.1) is 20.6 Å². The van der Waals surface area contributed by atoms with Crippen LogP contribution in [0.5, 0.6) is 0 Å². The van der Waals surface area contributed by atoms with Crippen LogP contribution in [0, 0.1) is 5.92 Å². The summed E-state index contributed by atoms with van der Waals surface area (Å²) >= 11 is 17.8. The number of amides is 1. The highest BCUT2D eigenvalue weighted by molar-refractivity contribution is 6.36. The van der Waals surface area contributed by atoms with Crippen LogP contribution in [0.3, 0.4) is 0 Å². The number of nitrogens with zero attached hydrogens (tertiary/aromatic N) is 3. The number of alkyl halides is 3. The van der Waals surface area contributed by atoms with Crippen molar-refractivity contribution >= 4 is 52.3 Å². The molecular weight excluding hydrogens is 478 g/mol. The number of aromatic nitrogens is 2. The van der Waals surface area contributed by atoms with Gasteiger partial charge in [-0.2, -0.15) is 13.2 Å². The van der Waals surface area contributed by atoms with E-state index in [2.05, 4.69) is 20.6 Å². The lowest BCUT2D eigenvalue weighted by Crippen LogP contribution is -2.42. The monoisotopic (exact) mass is 495 g/mol. The lowest BCUT2D eigenvalue weighted by atomic mass is 9.96. The molecule has 0 atom stereocenters. The van der Waals surface area contributed by atoms with E-state index in [4.69, 9.17) is 34.8 Å². The van der Waals surface area contributed by atoms with E-state index in [0.717, 1.165) is 12.3 Å². The highest BCUT2D eigenvalue weighted by atomic mass is 35.5. The van der Waals surface area contributed by atoms with Gasteiger partial charge < -0.3 is 15.5 Å². The van der Waals surface area contributed by atoms with Crippen LogP contribution in [0.4, 0.5) is 24.8 Å². The fourth-order valence-corrected chi connectivity index (χ4v) is 3.96. The summed E-state index contributed by atoms with van der Waals surface area (Å²) in [6.45, 7) is 1.76. The van der Waals surface area contributed by atoms with Crippen molar-refractivity contribution < 1.29 is 18.0 Å². The molecule has 0 aromatic carbocycles. The zero-order valence-corrected chi connectivity index (χ0v) is 18.4. The molecule has 3 heterocycles. The van der Waals surface area contributed by atoms with Crippen LogP contribution in [0.2, 0.25) is 15.1 Å². The van der Waals surface area contributed by atoms with Crippen LogP contribution < -0.4 is 15.5 Å². The van der Waals surface area contributed by atoms with E-state index in [9.17, 15) is 18.0 Å². The largest absolute Gasteiger partial charge is 0.417 e. The maximum atomic E-state index is 12.8. The Bertz CT molecular complexity index is 936. The van der Waals surface area contributed by atoms with Crippen LogP contribution in [0.25, 0.3) is 0 Å². The molecule has 0 saturated carbocycles. The van der Waals surface area contributed by atoms with E-state index in [1.54, 1.807) is 11.0 Å². The van der Waals surface area contributed by atoms with Gasteiger partial charge in [0, 0.05) is 44.5 Å². The molecule has 1 amide bonds. The fourth-order valence-electron chi connectivity index (χ4n) is 3.23. The Kier molecular flexibility index (Phi) is 7.72. The van der Waals surface area contributed by atoms with Crippen LogP contribution >= 0.6 is 34.8 Å². The summed E-state index contributed by atoms with van der Waals surface area (Å²) in [5.41, 5.74) is -0.890. The second-order valence-electron chi connectivity index (χ2n) is 6.99. The number of carbonyl (C=O) groups is 1. The van der Waals surface area contributed by atoms with Crippen molar-refractivity contribution in [1.82, 2.24) is 15.3 Å². The summed E-state index contributed by atoms with van der Waals surface area (Å²) in [6.07, 6.45) is -1.16. The van der Waals surface area contributed by atoms with E-state index < -0.39 is 11.7 Å². The first-order chi connectivity index (χ1) is 14.6. The molecule has 0 aliphatic carbocycles. The molecule has 1 fully saturated rings. The average molecular weight is 497 g/mol. The van der Waals surface area contributed by atoms with Gasteiger partial charge in [-0.1, -0.05) is 34.8 Å². The highest BCUT2D eigenvalue weighted by Crippen LogP contribution is 2.34. The molecule has 1 saturated heterocycles. The second-order valence-corrected chi connectivity index (χ2v) is 8.24. The van der Waals surface area contributed by atoms with Gasteiger partial charge in [-0.05, 0) is 25.0 Å². The number of rotatable bonds is 6. The van der Waals surface area contributed by atoms with E-state index in [1.165, 1.54) is 6.20 Å². The molecule has 3 rings (SSSR count). The van der Waals surface area contributed by atoms with Gasteiger partial charge in [0.1, 0.15) is 11.6 Å². The quantitative estimate of drug-likeness (QED) is 0.557. The zero-order chi connectivity index (χ0) is 22.6.